The smallest absolute Gasteiger partial charge is 0.171 e. The highest BCUT2D eigenvalue weighted by Crippen LogP contribution is 2.28. The van der Waals surface area contributed by atoms with Crippen molar-refractivity contribution in [3.8, 4) is 0 Å². The first-order valence-electron chi connectivity index (χ1n) is 8.04. The van der Waals surface area contributed by atoms with Crippen molar-refractivity contribution in [2.75, 3.05) is 32.8 Å². The number of ether oxygens (including phenoxy) is 2. The highest BCUT2D eigenvalue weighted by Gasteiger charge is 2.35. The SMILES string of the molecule is C=CCOC1(OCC=C)CCN(CCc2ccccc2)CC1. The summed E-state index contributed by atoms with van der Waals surface area (Å²) >= 11 is 0. The Morgan fingerprint density at radius 3 is 2.14 bits per heavy atom. The number of nitrogens with zero attached hydrogens (tertiary/aromatic N) is 1. The van der Waals surface area contributed by atoms with E-state index in [9.17, 15) is 0 Å². The van der Waals surface area contributed by atoms with Gasteiger partial charge in [-0.1, -0.05) is 42.5 Å². The second-order valence-electron chi connectivity index (χ2n) is 5.69. The predicted molar refractivity (Wildman–Crippen MR) is 90.8 cm³/mol. The van der Waals surface area contributed by atoms with E-state index in [1.165, 1.54) is 5.56 Å². The average Bonchev–Trinajstić information content (AvgIpc) is 2.59. The van der Waals surface area contributed by atoms with Gasteiger partial charge in [-0.25, -0.2) is 0 Å². The minimum Gasteiger partial charge on any atom is -0.346 e. The molecular weight excluding hydrogens is 274 g/mol. The maximum atomic E-state index is 5.92. The molecule has 1 fully saturated rings. The molecule has 1 aliphatic heterocycles. The molecule has 3 heteroatoms. The van der Waals surface area contributed by atoms with Gasteiger partial charge in [0.1, 0.15) is 0 Å². The van der Waals surface area contributed by atoms with E-state index in [2.05, 4.69) is 48.4 Å². The zero-order chi connectivity index (χ0) is 15.7. The van der Waals surface area contributed by atoms with Gasteiger partial charge in [0.15, 0.2) is 5.79 Å². The Kier molecular flexibility index (Phi) is 6.84. The predicted octanol–water partition coefficient (Wildman–Crippen LogP) is 3.43. The van der Waals surface area contributed by atoms with Gasteiger partial charge in [0.2, 0.25) is 0 Å². The number of hydrogen-bond acceptors (Lipinski definition) is 3. The van der Waals surface area contributed by atoms with Crippen LogP contribution in [0.4, 0.5) is 0 Å². The van der Waals surface area contributed by atoms with E-state index in [0.717, 1.165) is 38.9 Å². The molecular formula is C19H27NO2. The summed E-state index contributed by atoms with van der Waals surface area (Å²) in [5, 5.41) is 0. The van der Waals surface area contributed by atoms with Crippen LogP contribution in [0.1, 0.15) is 18.4 Å². The lowest BCUT2D eigenvalue weighted by molar-refractivity contribution is -0.246. The fourth-order valence-corrected chi connectivity index (χ4v) is 2.80. The lowest BCUT2D eigenvalue weighted by Gasteiger charge is -2.41. The Bertz CT molecular complexity index is 436. The molecule has 0 atom stereocenters. The van der Waals surface area contributed by atoms with Crippen LogP contribution in [0.25, 0.3) is 0 Å². The molecule has 0 bridgehead atoms. The number of rotatable bonds is 9. The van der Waals surface area contributed by atoms with Crippen molar-refractivity contribution in [3.63, 3.8) is 0 Å². The Hall–Kier alpha value is -1.42. The summed E-state index contributed by atoms with van der Waals surface area (Å²) in [7, 11) is 0. The van der Waals surface area contributed by atoms with E-state index in [-0.39, 0.29) is 0 Å². The van der Waals surface area contributed by atoms with Crippen LogP contribution in [0.15, 0.2) is 55.6 Å². The molecule has 3 nitrogen and oxygen atoms in total. The van der Waals surface area contributed by atoms with Crippen LogP contribution in [-0.4, -0.2) is 43.5 Å². The summed E-state index contributed by atoms with van der Waals surface area (Å²) in [6.45, 7) is 11.6. The minimum absolute atomic E-state index is 0.467. The number of hydrogen-bond donors (Lipinski definition) is 0. The zero-order valence-electron chi connectivity index (χ0n) is 13.4. The Morgan fingerprint density at radius 2 is 1.59 bits per heavy atom. The summed E-state index contributed by atoms with van der Waals surface area (Å²) in [6.07, 6.45) is 6.43. The molecule has 1 aliphatic rings. The molecule has 0 radical (unpaired) electrons. The zero-order valence-corrected chi connectivity index (χ0v) is 13.4. The molecule has 1 heterocycles. The average molecular weight is 301 g/mol. The van der Waals surface area contributed by atoms with Crippen molar-refractivity contribution in [2.24, 2.45) is 0 Å². The number of benzene rings is 1. The third-order valence-corrected chi connectivity index (χ3v) is 4.11. The maximum Gasteiger partial charge on any atom is 0.171 e. The Labute approximate surface area is 134 Å². The van der Waals surface area contributed by atoms with Gasteiger partial charge in [-0.2, -0.15) is 0 Å². The molecule has 120 valence electrons. The van der Waals surface area contributed by atoms with Crippen molar-refractivity contribution in [1.82, 2.24) is 4.90 Å². The van der Waals surface area contributed by atoms with Crippen LogP contribution in [0.5, 0.6) is 0 Å². The monoisotopic (exact) mass is 301 g/mol. The lowest BCUT2D eigenvalue weighted by Crippen LogP contribution is -2.48. The molecule has 0 aliphatic carbocycles. The van der Waals surface area contributed by atoms with Gasteiger partial charge in [0.05, 0.1) is 13.2 Å². The number of likely N-dealkylation sites (tertiary alicyclic amines) is 1. The largest absolute Gasteiger partial charge is 0.346 e. The summed E-state index contributed by atoms with van der Waals surface area (Å²) in [6, 6.07) is 10.6. The van der Waals surface area contributed by atoms with Crippen LogP contribution in [0, 0.1) is 0 Å². The fraction of sp³-hybridized carbons (Fsp3) is 0.474. The molecule has 0 amide bonds. The quantitative estimate of drug-likeness (QED) is 0.515. The molecule has 0 saturated carbocycles. The van der Waals surface area contributed by atoms with Crippen molar-refractivity contribution in [1.29, 1.82) is 0 Å². The minimum atomic E-state index is -0.467. The summed E-state index contributed by atoms with van der Waals surface area (Å²) in [5.74, 6) is -0.467. The third-order valence-electron chi connectivity index (χ3n) is 4.11. The molecule has 2 rings (SSSR count). The van der Waals surface area contributed by atoms with E-state index >= 15 is 0 Å². The Balaban J connectivity index is 1.81. The maximum absolute atomic E-state index is 5.92. The van der Waals surface area contributed by atoms with Gasteiger partial charge in [0, 0.05) is 32.5 Å². The van der Waals surface area contributed by atoms with Crippen molar-refractivity contribution in [3.05, 3.63) is 61.2 Å². The van der Waals surface area contributed by atoms with Crippen molar-refractivity contribution < 1.29 is 9.47 Å². The van der Waals surface area contributed by atoms with Gasteiger partial charge in [0.25, 0.3) is 0 Å². The normalized spacial score (nSPS) is 18.0. The number of piperidine rings is 1. The molecule has 22 heavy (non-hydrogen) atoms. The summed E-state index contributed by atoms with van der Waals surface area (Å²) in [5.41, 5.74) is 1.39. The van der Waals surface area contributed by atoms with Gasteiger partial charge < -0.3 is 14.4 Å². The van der Waals surface area contributed by atoms with Crippen LogP contribution in [0.2, 0.25) is 0 Å². The molecule has 0 aromatic heterocycles. The topological polar surface area (TPSA) is 21.7 Å². The second kappa shape index (κ2) is 8.89. The first-order chi connectivity index (χ1) is 10.8. The van der Waals surface area contributed by atoms with Gasteiger partial charge in [-0.3, -0.25) is 0 Å². The van der Waals surface area contributed by atoms with Gasteiger partial charge >= 0.3 is 0 Å². The molecule has 1 aromatic rings. The molecule has 0 N–H and O–H groups in total. The summed E-state index contributed by atoms with van der Waals surface area (Å²) < 4.78 is 11.8. The van der Waals surface area contributed by atoms with E-state index in [4.69, 9.17) is 9.47 Å². The van der Waals surface area contributed by atoms with Crippen LogP contribution < -0.4 is 0 Å². The van der Waals surface area contributed by atoms with Crippen LogP contribution in [-0.2, 0) is 15.9 Å². The van der Waals surface area contributed by atoms with E-state index in [1.807, 2.05) is 0 Å². The first-order valence-corrected chi connectivity index (χ1v) is 8.04. The fourth-order valence-electron chi connectivity index (χ4n) is 2.80. The highest BCUT2D eigenvalue weighted by molar-refractivity contribution is 5.14. The lowest BCUT2D eigenvalue weighted by atomic mass is 10.0. The standard InChI is InChI=1S/C19H27NO2/c1-3-16-21-19(22-17-4-2)11-14-20(15-12-19)13-10-18-8-6-5-7-9-18/h3-9H,1-2,10-17H2. The van der Waals surface area contributed by atoms with Crippen LogP contribution in [0.3, 0.4) is 0 Å². The molecule has 0 unspecified atom stereocenters. The first kappa shape index (κ1) is 16.9. The van der Waals surface area contributed by atoms with Crippen molar-refractivity contribution >= 4 is 0 Å². The van der Waals surface area contributed by atoms with E-state index in [0.29, 0.717) is 13.2 Å². The summed E-state index contributed by atoms with van der Waals surface area (Å²) in [4.78, 5) is 2.49. The van der Waals surface area contributed by atoms with E-state index < -0.39 is 5.79 Å². The Morgan fingerprint density at radius 1 is 1.00 bits per heavy atom. The van der Waals surface area contributed by atoms with Gasteiger partial charge in [-0.15, -0.1) is 13.2 Å². The molecule has 1 aromatic carbocycles. The molecule has 0 spiro atoms. The van der Waals surface area contributed by atoms with Crippen LogP contribution >= 0.6 is 0 Å². The van der Waals surface area contributed by atoms with Crippen molar-refractivity contribution in [2.45, 2.75) is 25.0 Å². The van der Waals surface area contributed by atoms with E-state index in [1.54, 1.807) is 12.2 Å². The highest BCUT2D eigenvalue weighted by atomic mass is 16.7. The van der Waals surface area contributed by atoms with Gasteiger partial charge in [-0.05, 0) is 12.0 Å². The second-order valence-corrected chi connectivity index (χ2v) is 5.69. The third kappa shape index (κ3) is 5.09. The molecule has 1 saturated heterocycles.